The normalized spacial score (nSPS) is 16.9. The highest BCUT2D eigenvalue weighted by Crippen LogP contribution is 2.23. The van der Waals surface area contributed by atoms with E-state index < -0.39 is 9.84 Å². The van der Waals surface area contributed by atoms with E-state index in [9.17, 15) is 8.42 Å². The molecule has 1 aliphatic carbocycles. The third-order valence-corrected chi connectivity index (χ3v) is 4.55. The molecule has 0 aliphatic heterocycles. The Morgan fingerprint density at radius 1 is 1.40 bits per heavy atom. The lowest BCUT2D eigenvalue weighted by Crippen LogP contribution is -2.13. The highest BCUT2D eigenvalue weighted by atomic mass is 79.9. The van der Waals surface area contributed by atoms with Gasteiger partial charge in [0.05, 0.1) is 11.5 Å². The summed E-state index contributed by atoms with van der Waals surface area (Å²) in [6.45, 7) is 3.53. The van der Waals surface area contributed by atoms with Crippen LogP contribution in [0, 0.1) is 0 Å². The van der Waals surface area contributed by atoms with E-state index in [1.807, 2.05) is 12.2 Å². The predicted octanol–water partition coefficient (Wildman–Crippen LogP) is 2.98. The number of halogens is 1. The molecule has 0 spiro atoms. The van der Waals surface area contributed by atoms with Crippen LogP contribution in [0.1, 0.15) is 19.3 Å². The fraction of sp³-hybridized carbons (Fsp3) is 0.455. The van der Waals surface area contributed by atoms with Gasteiger partial charge in [-0.15, -0.1) is 6.58 Å². The molecule has 0 aromatic rings. The van der Waals surface area contributed by atoms with Gasteiger partial charge < -0.3 is 0 Å². The monoisotopic (exact) mass is 290 g/mol. The summed E-state index contributed by atoms with van der Waals surface area (Å²) in [5.74, 6) is 0.399. The second-order valence-electron chi connectivity index (χ2n) is 3.61. The molecule has 0 saturated heterocycles. The number of hydrogen-bond donors (Lipinski definition) is 0. The summed E-state index contributed by atoms with van der Waals surface area (Å²) in [5, 5.41) is 0. The van der Waals surface area contributed by atoms with Crippen LogP contribution in [0.4, 0.5) is 0 Å². The van der Waals surface area contributed by atoms with Crippen molar-refractivity contribution in [1.29, 1.82) is 0 Å². The smallest absolute Gasteiger partial charge is 0.154 e. The maximum absolute atomic E-state index is 11.6. The topological polar surface area (TPSA) is 34.1 Å². The zero-order chi connectivity index (χ0) is 11.3. The first-order chi connectivity index (χ1) is 7.03. The standard InChI is InChI=1S/C11H15BrO2S/c1-2-3-8-15(13,14)9-10-4-6-11(12)7-5-10/h2,4,6H,1,3,5,7-9H2. The molecule has 0 aromatic heterocycles. The minimum absolute atomic E-state index is 0.192. The van der Waals surface area contributed by atoms with Crippen molar-refractivity contribution in [3.63, 3.8) is 0 Å². The van der Waals surface area contributed by atoms with Crippen molar-refractivity contribution in [2.75, 3.05) is 11.5 Å². The molecule has 0 aromatic carbocycles. The molecular weight excluding hydrogens is 276 g/mol. The highest BCUT2D eigenvalue weighted by Gasteiger charge is 2.14. The Hall–Kier alpha value is -0.350. The van der Waals surface area contributed by atoms with Gasteiger partial charge >= 0.3 is 0 Å². The molecule has 0 bridgehead atoms. The van der Waals surface area contributed by atoms with Crippen molar-refractivity contribution in [1.82, 2.24) is 0 Å². The molecular formula is C11H15BrO2S. The first-order valence-electron chi connectivity index (χ1n) is 4.89. The van der Waals surface area contributed by atoms with Crippen LogP contribution in [0.2, 0.25) is 0 Å². The molecule has 0 atom stereocenters. The molecule has 0 N–H and O–H groups in total. The Labute approximate surface area is 99.8 Å². The molecule has 0 radical (unpaired) electrons. The van der Waals surface area contributed by atoms with Gasteiger partial charge in [0.15, 0.2) is 9.84 Å². The van der Waals surface area contributed by atoms with E-state index in [-0.39, 0.29) is 11.5 Å². The average Bonchev–Trinajstić information content (AvgIpc) is 2.18. The second kappa shape index (κ2) is 5.66. The summed E-state index contributed by atoms with van der Waals surface area (Å²) < 4.78 is 24.4. The Morgan fingerprint density at radius 3 is 2.67 bits per heavy atom. The Bertz CT molecular complexity index is 391. The third kappa shape index (κ3) is 4.80. The van der Waals surface area contributed by atoms with Gasteiger partial charge in [0.2, 0.25) is 0 Å². The van der Waals surface area contributed by atoms with E-state index in [4.69, 9.17) is 0 Å². The molecule has 2 nitrogen and oxygen atoms in total. The van der Waals surface area contributed by atoms with Gasteiger partial charge in [-0.25, -0.2) is 8.42 Å². The molecule has 4 heteroatoms. The van der Waals surface area contributed by atoms with Crippen LogP contribution in [-0.2, 0) is 9.84 Å². The van der Waals surface area contributed by atoms with E-state index in [2.05, 4.69) is 22.5 Å². The number of rotatable bonds is 5. The summed E-state index contributed by atoms with van der Waals surface area (Å²) in [6, 6.07) is 0. The van der Waals surface area contributed by atoms with Gasteiger partial charge in [0, 0.05) is 0 Å². The first-order valence-corrected chi connectivity index (χ1v) is 7.50. The Balaban J connectivity index is 2.58. The summed E-state index contributed by atoms with van der Waals surface area (Å²) in [4.78, 5) is 0. The summed E-state index contributed by atoms with van der Waals surface area (Å²) in [6.07, 6.45) is 7.76. The highest BCUT2D eigenvalue weighted by molar-refractivity contribution is 9.11. The molecule has 15 heavy (non-hydrogen) atoms. The third-order valence-electron chi connectivity index (χ3n) is 2.22. The van der Waals surface area contributed by atoms with E-state index in [0.29, 0.717) is 6.42 Å². The van der Waals surface area contributed by atoms with Gasteiger partial charge in [0.1, 0.15) is 0 Å². The molecule has 0 heterocycles. The van der Waals surface area contributed by atoms with Crippen molar-refractivity contribution in [3.8, 4) is 0 Å². The summed E-state index contributed by atoms with van der Waals surface area (Å²) in [5.41, 5.74) is 1.00. The molecule has 0 unspecified atom stereocenters. The lowest BCUT2D eigenvalue weighted by Gasteiger charge is -2.11. The lowest BCUT2D eigenvalue weighted by molar-refractivity contribution is 0.597. The first kappa shape index (κ1) is 12.7. The average molecular weight is 291 g/mol. The van der Waals surface area contributed by atoms with Gasteiger partial charge in [-0.05, 0) is 23.7 Å². The van der Waals surface area contributed by atoms with Crippen molar-refractivity contribution in [3.05, 3.63) is 34.9 Å². The van der Waals surface area contributed by atoms with E-state index in [1.165, 1.54) is 0 Å². The zero-order valence-electron chi connectivity index (χ0n) is 8.58. The molecule has 84 valence electrons. The predicted molar refractivity (Wildman–Crippen MR) is 67.8 cm³/mol. The van der Waals surface area contributed by atoms with Gasteiger partial charge in [-0.2, -0.15) is 0 Å². The van der Waals surface area contributed by atoms with E-state index in [1.54, 1.807) is 6.08 Å². The second-order valence-corrected chi connectivity index (χ2v) is 6.81. The fourth-order valence-electron chi connectivity index (χ4n) is 1.39. The van der Waals surface area contributed by atoms with Crippen LogP contribution in [-0.4, -0.2) is 19.9 Å². The number of hydrogen-bond acceptors (Lipinski definition) is 2. The van der Waals surface area contributed by atoms with E-state index in [0.717, 1.165) is 22.9 Å². The quantitative estimate of drug-likeness (QED) is 0.730. The Kier molecular flexibility index (Phi) is 4.80. The largest absolute Gasteiger partial charge is 0.228 e. The van der Waals surface area contributed by atoms with E-state index >= 15 is 0 Å². The molecule has 0 saturated carbocycles. The van der Waals surface area contributed by atoms with Gasteiger partial charge in [0.25, 0.3) is 0 Å². The molecule has 1 rings (SSSR count). The number of sulfone groups is 1. The SMILES string of the molecule is C=CCCS(=O)(=O)CC1=CC=C(Br)CC1. The van der Waals surface area contributed by atoms with Crippen molar-refractivity contribution in [2.24, 2.45) is 0 Å². The summed E-state index contributed by atoms with van der Waals surface area (Å²) >= 11 is 3.39. The van der Waals surface area contributed by atoms with Gasteiger partial charge in [-0.3, -0.25) is 0 Å². The minimum Gasteiger partial charge on any atom is -0.228 e. The van der Waals surface area contributed by atoms with Crippen LogP contribution in [0.5, 0.6) is 0 Å². The molecule has 1 aliphatic rings. The minimum atomic E-state index is -2.94. The van der Waals surface area contributed by atoms with Crippen molar-refractivity contribution >= 4 is 25.8 Å². The summed E-state index contributed by atoms with van der Waals surface area (Å²) in [7, 11) is -2.94. The van der Waals surface area contributed by atoms with Crippen LogP contribution in [0.15, 0.2) is 34.9 Å². The molecule has 0 amide bonds. The Morgan fingerprint density at radius 2 is 2.13 bits per heavy atom. The maximum Gasteiger partial charge on any atom is 0.154 e. The molecule has 0 fully saturated rings. The van der Waals surface area contributed by atoms with Crippen LogP contribution in [0.25, 0.3) is 0 Å². The fourth-order valence-corrected chi connectivity index (χ4v) is 3.20. The lowest BCUT2D eigenvalue weighted by atomic mass is 10.1. The zero-order valence-corrected chi connectivity index (χ0v) is 11.0. The van der Waals surface area contributed by atoms with Crippen molar-refractivity contribution < 1.29 is 8.42 Å². The van der Waals surface area contributed by atoms with Crippen LogP contribution >= 0.6 is 15.9 Å². The van der Waals surface area contributed by atoms with Crippen LogP contribution in [0.3, 0.4) is 0 Å². The maximum atomic E-state index is 11.6. The number of allylic oxidation sites excluding steroid dienone is 4. The van der Waals surface area contributed by atoms with Gasteiger partial charge in [-0.1, -0.05) is 39.7 Å². The van der Waals surface area contributed by atoms with Crippen LogP contribution < -0.4 is 0 Å². The van der Waals surface area contributed by atoms with Crippen molar-refractivity contribution in [2.45, 2.75) is 19.3 Å².